The van der Waals surface area contributed by atoms with Crippen LogP contribution in [0.1, 0.15) is 30.7 Å². The average Bonchev–Trinajstić information content (AvgIpc) is 3.17. The second kappa shape index (κ2) is 3.84. The average molecular weight is 236 g/mol. The molecule has 1 atom stereocenters. The maximum atomic E-state index is 11.7. The Bertz CT molecular complexity index is 384. The Morgan fingerprint density at radius 3 is 3.12 bits per heavy atom. The molecule has 1 aromatic heterocycles. The van der Waals surface area contributed by atoms with E-state index in [1.165, 1.54) is 17.8 Å². The number of hydrogen-bond donors (Lipinski definition) is 1. The van der Waals surface area contributed by atoms with Gasteiger partial charge in [-0.2, -0.15) is 0 Å². The van der Waals surface area contributed by atoms with Gasteiger partial charge in [-0.05, 0) is 31.1 Å². The van der Waals surface area contributed by atoms with Crippen molar-refractivity contribution in [3.05, 3.63) is 16.6 Å². The number of carbonyl (C=O) groups is 1. The lowest BCUT2D eigenvalue weighted by Crippen LogP contribution is -2.27. The molecule has 2 aliphatic carbocycles. The van der Waals surface area contributed by atoms with Gasteiger partial charge in [0.2, 0.25) is 5.91 Å². The summed E-state index contributed by atoms with van der Waals surface area (Å²) in [6, 6.07) is 0. The molecule has 1 heterocycles. The Hall–Kier alpha value is -0.900. The normalized spacial score (nSPS) is 24.4. The van der Waals surface area contributed by atoms with Gasteiger partial charge in [0.25, 0.3) is 0 Å². The number of nitrogens with zero attached hydrogens (tertiary/aromatic N) is 1. The van der Waals surface area contributed by atoms with Gasteiger partial charge >= 0.3 is 0 Å². The van der Waals surface area contributed by atoms with Crippen LogP contribution in [-0.2, 0) is 11.2 Å². The highest BCUT2D eigenvalue weighted by Crippen LogP contribution is 2.70. The SMILES string of the molecule is O=C(NCCCc1nccs1)[C@@H]1CC12CC2. The zero-order chi connectivity index (χ0) is 11.0. The number of rotatable bonds is 5. The number of thiazole rings is 1. The molecule has 4 heteroatoms. The van der Waals surface area contributed by atoms with E-state index in [4.69, 9.17) is 0 Å². The van der Waals surface area contributed by atoms with Crippen LogP contribution in [0.2, 0.25) is 0 Å². The van der Waals surface area contributed by atoms with E-state index in [2.05, 4.69) is 10.3 Å². The van der Waals surface area contributed by atoms with Crippen molar-refractivity contribution in [2.75, 3.05) is 6.54 Å². The van der Waals surface area contributed by atoms with E-state index in [1.54, 1.807) is 11.3 Å². The smallest absolute Gasteiger partial charge is 0.223 e. The molecule has 3 nitrogen and oxygen atoms in total. The van der Waals surface area contributed by atoms with Crippen LogP contribution in [0.5, 0.6) is 0 Å². The van der Waals surface area contributed by atoms with Crippen LogP contribution in [0, 0.1) is 11.3 Å². The van der Waals surface area contributed by atoms with Gasteiger partial charge in [0, 0.05) is 30.5 Å². The summed E-state index contributed by atoms with van der Waals surface area (Å²) in [4.78, 5) is 15.9. The fourth-order valence-electron chi connectivity index (χ4n) is 2.38. The number of hydrogen-bond acceptors (Lipinski definition) is 3. The summed E-state index contributed by atoms with van der Waals surface area (Å²) in [6.07, 6.45) is 7.52. The zero-order valence-corrected chi connectivity index (χ0v) is 10.1. The molecule has 0 bridgehead atoms. The molecule has 86 valence electrons. The van der Waals surface area contributed by atoms with Crippen LogP contribution < -0.4 is 5.32 Å². The summed E-state index contributed by atoms with van der Waals surface area (Å²) >= 11 is 1.69. The molecule has 0 unspecified atom stereocenters. The molecule has 1 spiro atoms. The van der Waals surface area contributed by atoms with E-state index in [0.29, 0.717) is 11.3 Å². The van der Waals surface area contributed by atoms with E-state index in [1.807, 2.05) is 11.6 Å². The number of nitrogens with one attached hydrogen (secondary N) is 1. The van der Waals surface area contributed by atoms with Gasteiger partial charge in [-0.25, -0.2) is 4.98 Å². The van der Waals surface area contributed by atoms with E-state index < -0.39 is 0 Å². The van der Waals surface area contributed by atoms with E-state index >= 15 is 0 Å². The quantitative estimate of drug-likeness (QED) is 0.794. The lowest BCUT2D eigenvalue weighted by atomic mass is 10.2. The fourth-order valence-corrected chi connectivity index (χ4v) is 3.05. The van der Waals surface area contributed by atoms with Gasteiger partial charge in [-0.15, -0.1) is 11.3 Å². The third-order valence-corrected chi connectivity index (χ3v) is 4.59. The molecule has 0 aromatic carbocycles. The Kier molecular flexibility index (Phi) is 2.46. The summed E-state index contributed by atoms with van der Waals surface area (Å²) in [6.45, 7) is 0.797. The molecule has 0 radical (unpaired) electrons. The van der Waals surface area contributed by atoms with Crippen LogP contribution in [0.15, 0.2) is 11.6 Å². The first kappa shape index (κ1) is 10.3. The maximum absolute atomic E-state index is 11.7. The Morgan fingerprint density at radius 1 is 1.62 bits per heavy atom. The largest absolute Gasteiger partial charge is 0.356 e. The highest BCUT2D eigenvalue weighted by molar-refractivity contribution is 7.09. The molecular formula is C12H16N2OS. The monoisotopic (exact) mass is 236 g/mol. The van der Waals surface area contributed by atoms with Crippen molar-refractivity contribution in [1.82, 2.24) is 10.3 Å². The van der Waals surface area contributed by atoms with Crippen LogP contribution in [-0.4, -0.2) is 17.4 Å². The van der Waals surface area contributed by atoms with Crippen LogP contribution >= 0.6 is 11.3 Å². The van der Waals surface area contributed by atoms with Gasteiger partial charge < -0.3 is 5.32 Å². The maximum Gasteiger partial charge on any atom is 0.223 e. The molecule has 0 aliphatic heterocycles. The van der Waals surface area contributed by atoms with Crippen molar-refractivity contribution in [3.8, 4) is 0 Å². The van der Waals surface area contributed by atoms with Crippen molar-refractivity contribution in [2.24, 2.45) is 11.3 Å². The highest BCUT2D eigenvalue weighted by Gasteiger charge is 2.65. The topological polar surface area (TPSA) is 42.0 Å². The first-order valence-electron chi connectivity index (χ1n) is 5.96. The summed E-state index contributed by atoms with van der Waals surface area (Å²) in [5.41, 5.74) is 0.486. The van der Waals surface area contributed by atoms with Crippen molar-refractivity contribution >= 4 is 17.2 Å². The van der Waals surface area contributed by atoms with Gasteiger partial charge in [0.15, 0.2) is 0 Å². The molecule has 2 aliphatic rings. The number of aromatic nitrogens is 1. The molecule has 16 heavy (non-hydrogen) atoms. The second-order valence-electron chi connectivity index (χ2n) is 4.94. The van der Waals surface area contributed by atoms with Crippen LogP contribution in [0.3, 0.4) is 0 Å². The highest BCUT2D eigenvalue weighted by atomic mass is 32.1. The third kappa shape index (κ3) is 1.98. The van der Waals surface area contributed by atoms with Gasteiger partial charge in [0.05, 0.1) is 5.01 Å². The minimum atomic E-state index is 0.289. The summed E-state index contributed by atoms with van der Waals surface area (Å²) in [7, 11) is 0. The predicted octanol–water partition coefficient (Wildman–Crippen LogP) is 1.99. The van der Waals surface area contributed by atoms with Crippen LogP contribution in [0.4, 0.5) is 0 Å². The standard InChI is InChI=1S/C12H16N2OS/c15-11(9-8-12(9)3-4-12)14-5-1-2-10-13-6-7-16-10/h6-7,9H,1-5,8H2,(H,14,15)/t9-/m0/s1. The van der Waals surface area contributed by atoms with Crippen molar-refractivity contribution in [3.63, 3.8) is 0 Å². The van der Waals surface area contributed by atoms with Crippen molar-refractivity contribution in [1.29, 1.82) is 0 Å². The third-order valence-electron chi connectivity index (χ3n) is 3.75. The minimum Gasteiger partial charge on any atom is -0.356 e. The molecule has 0 saturated heterocycles. The Balaban J connectivity index is 1.33. The molecule has 2 saturated carbocycles. The van der Waals surface area contributed by atoms with E-state index in [0.717, 1.165) is 25.8 Å². The van der Waals surface area contributed by atoms with Gasteiger partial charge in [-0.3, -0.25) is 4.79 Å². The summed E-state index contributed by atoms with van der Waals surface area (Å²) < 4.78 is 0. The second-order valence-corrected chi connectivity index (χ2v) is 5.92. The molecule has 1 aromatic rings. The summed E-state index contributed by atoms with van der Waals surface area (Å²) in [5.74, 6) is 0.643. The first-order chi connectivity index (χ1) is 7.80. The Morgan fingerprint density at radius 2 is 2.50 bits per heavy atom. The summed E-state index contributed by atoms with van der Waals surface area (Å²) in [5, 5.41) is 6.20. The lowest BCUT2D eigenvalue weighted by molar-refractivity contribution is -0.122. The molecule has 2 fully saturated rings. The fraction of sp³-hybridized carbons (Fsp3) is 0.667. The van der Waals surface area contributed by atoms with Gasteiger partial charge in [0.1, 0.15) is 0 Å². The number of amides is 1. The molecule has 1 amide bonds. The lowest BCUT2D eigenvalue weighted by Gasteiger charge is -2.03. The first-order valence-corrected chi connectivity index (χ1v) is 6.84. The van der Waals surface area contributed by atoms with E-state index in [-0.39, 0.29) is 5.91 Å². The minimum absolute atomic E-state index is 0.289. The van der Waals surface area contributed by atoms with Gasteiger partial charge in [-0.1, -0.05) is 0 Å². The van der Waals surface area contributed by atoms with Crippen LogP contribution in [0.25, 0.3) is 0 Å². The Labute approximate surface area is 99.3 Å². The zero-order valence-electron chi connectivity index (χ0n) is 9.24. The predicted molar refractivity (Wildman–Crippen MR) is 63.2 cm³/mol. The number of carbonyl (C=O) groups excluding carboxylic acids is 1. The van der Waals surface area contributed by atoms with E-state index in [9.17, 15) is 4.79 Å². The van der Waals surface area contributed by atoms with Crippen molar-refractivity contribution < 1.29 is 4.79 Å². The number of aryl methyl sites for hydroxylation is 1. The molecule has 1 N–H and O–H groups in total. The molecular weight excluding hydrogens is 220 g/mol. The molecule has 3 rings (SSSR count). The van der Waals surface area contributed by atoms with Crippen molar-refractivity contribution in [2.45, 2.75) is 32.1 Å².